The molecule has 0 aliphatic heterocycles. The Morgan fingerprint density at radius 1 is 0.315 bits per heavy atom. The van der Waals surface area contributed by atoms with Crippen LogP contribution in [0.1, 0.15) is 0 Å². The molecule has 0 bridgehead atoms. The van der Waals surface area contributed by atoms with Crippen LogP contribution in [0, 0.1) is 0 Å². The van der Waals surface area contributed by atoms with Crippen molar-refractivity contribution < 1.29 is 8.83 Å². The van der Waals surface area contributed by atoms with Crippen molar-refractivity contribution in [1.29, 1.82) is 0 Å². The minimum atomic E-state index is 0.568. The average molecular weight is 692 g/mol. The maximum atomic E-state index is 6.70. The summed E-state index contributed by atoms with van der Waals surface area (Å²) >= 11 is 0. The Morgan fingerprint density at radius 3 is 1.65 bits per heavy atom. The molecule has 54 heavy (non-hydrogen) atoms. The molecule has 5 heteroatoms. The number of aromatic nitrogens is 3. The molecular weight excluding hydrogens is 663 g/mol. The van der Waals surface area contributed by atoms with Crippen LogP contribution in [0.15, 0.2) is 185 Å². The second kappa shape index (κ2) is 12.1. The Hall–Kier alpha value is -7.37. The summed E-state index contributed by atoms with van der Waals surface area (Å²) < 4.78 is 13.0. The van der Waals surface area contributed by atoms with Gasteiger partial charge in [0.1, 0.15) is 22.3 Å². The molecule has 0 spiro atoms. The fourth-order valence-electron chi connectivity index (χ4n) is 7.77. The zero-order chi connectivity index (χ0) is 35.6. The predicted molar refractivity (Wildman–Crippen MR) is 219 cm³/mol. The second-order valence-electron chi connectivity index (χ2n) is 13.6. The van der Waals surface area contributed by atoms with Crippen molar-refractivity contribution in [3.8, 4) is 56.4 Å². The third-order valence-corrected chi connectivity index (χ3v) is 10.4. The Bertz CT molecular complexity index is 3210. The fraction of sp³-hybridized carbons (Fsp3) is 0. The van der Waals surface area contributed by atoms with E-state index in [1.54, 1.807) is 0 Å². The normalized spacial score (nSPS) is 11.7. The van der Waals surface area contributed by atoms with Crippen LogP contribution in [0.25, 0.3) is 111 Å². The standard InChI is InChI=1S/C49H29N3O2/c1-2-11-30(12-3-1)32-23-26-33(27-24-32)36-16-8-17-38-45-40(19-10-22-43(45)54-46(36)38)49-51-47(35-28-25-31-13-4-5-14-34(31)29-35)50-48(52-49)39-18-9-21-42-44(39)37-15-6-7-20-41(37)53-42/h1-29H. The average Bonchev–Trinajstić information content (AvgIpc) is 3.83. The van der Waals surface area contributed by atoms with Gasteiger partial charge in [0.2, 0.25) is 0 Å². The van der Waals surface area contributed by atoms with E-state index in [4.69, 9.17) is 23.8 Å². The number of para-hydroxylation sites is 2. The highest BCUT2D eigenvalue weighted by Gasteiger charge is 2.21. The maximum Gasteiger partial charge on any atom is 0.164 e. The van der Waals surface area contributed by atoms with Crippen molar-refractivity contribution in [2.75, 3.05) is 0 Å². The van der Waals surface area contributed by atoms with Crippen molar-refractivity contribution in [2.45, 2.75) is 0 Å². The lowest BCUT2D eigenvalue weighted by atomic mass is 9.98. The summed E-state index contributed by atoms with van der Waals surface area (Å²) in [5, 5.41) is 6.24. The molecule has 252 valence electrons. The molecule has 11 rings (SSSR count). The van der Waals surface area contributed by atoms with Gasteiger partial charge in [-0.15, -0.1) is 0 Å². The van der Waals surface area contributed by atoms with E-state index < -0.39 is 0 Å². The molecule has 11 aromatic rings. The van der Waals surface area contributed by atoms with E-state index in [0.717, 1.165) is 82.5 Å². The van der Waals surface area contributed by atoms with E-state index in [1.807, 2.05) is 48.5 Å². The van der Waals surface area contributed by atoms with Crippen LogP contribution < -0.4 is 0 Å². The molecule has 0 saturated heterocycles. The first-order valence-corrected chi connectivity index (χ1v) is 18.0. The summed E-state index contributed by atoms with van der Waals surface area (Å²) in [6.07, 6.45) is 0. The van der Waals surface area contributed by atoms with Crippen molar-refractivity contribution in [1.82, 2.24) is 15.0 Å². The van der Waals surface area contributed by atoms with E-state index in [-0.39, 0.29) is 0 Å². The molecule has 8 aromatic carbocycles. The van der Waals surface area contributed by atoms with Gasteiger partial charge < -0.3 is 8.83 Å². The minimum absolute atomic E-state index is 0.568. The molecule has 0 atom stereocenters. The molecule has 0 saturated carbocycles. The van der Waals surface area contributed by atoms with E-state index in [0.29, 0.717) is 17.5 Å². The maximum absolute atomic E-state index is 6.70. The number of furan rings is 2. The molecule has 3 aromatic heterocycles. The zero-order valence-electron chi connectivity index (χ0n) is 28.9. The summed E-state index contributed by atoms with van der Waals surface area (Å²) in [7, 11) is 0. The summed E-state index contributed by atoms with van der Waals surface area (Å²) in [5.74, 6) is 1.73. The van der Waals surface area contributed by atoms with E-state index in [1.165, 1.54) is 11.1 Å². The van der Waals surface area contributed by atoms with Crippen LogP contribution in [0.5, 0.6) is 0 Å². The molecule has 0 amide bonds. The molecular formula is C49H29N3O2. The number of hydrogen-bond donors (Lipinski definition) is 0. The molecule has 0 radical (unpaired) electrons. The van der Waals surface area contributed by atoms with Crippen LogP contribution in [-0.2, 0) is 0 Å². The number of nitrogens with zero attached hydrogens (tertiary/aromatic N) is 3. The lowest BCUT2D eigenvalue weighted by Crippen LogP contribution is -2.00. The van der Waals surface area contributed by atoms with Crippen molar-refractivity contribution in [3.05, 3.63) is 176 Å². The molecule has 0 fully saturated rings. The van der Waals surface area contributed by atoms with Crippen LogP contribution in [0.2, 0.25) is 0 Å². The molecule has 0 aliphatic carbocycles. The number of hydrogen-bond acceptors (Lipinski definition) is 5. The quantitative estimate of drug-likeness (QED) is 0.180. The van der Waals surface area contributed by atoms with Gasteiger partial charge in [-0.1, -0.05) is 152 Å². The Morgan fingerprint density at radius 2 is 0.852 bits per heavy atom. The largest absolute Gasteiger partial charge is 0.456 e. The van der Waals surface area contributed by atoms with E-state index in [9.17, 15) is 0 Å². The first-order valence-electron chi connectivity index (χ1n) is 18.0. The van der Waals surface area contributed by atoms with E-state index >= 15 is 0 Å². The first kappa shape index (κ1) is 30.3. The van der Waals surface area contributed by atoms with Crippen LogP contribution in [0.4, 0.5) is 0 Å². The molecule has 0 N–H and O–H groups in total. The lowest BCUT2D eigenvalue weighted by Gasteiger charge is -2.10. The zero-order valence-corrected chi connectivity index (χ0v) is 28.9. The smallest absolute Gasteiger partial charge is 0.164 e. The van der Waals surface area contributed by atoms with Crippen LogP contribution >= 0.6 is 0 Å². The highest BCUT2D eigenvalue weighted by molar-refractivity contribution is 6.15. The third-order valence-electron chi connectivity index (χ3n) is 10.4. The molecule has 0 aliphatic rings. The van der Waals surface area contributed by atoms with Gasteiger partial charge in [-0.3, -0.25) is 0 Å². The Balaban J connectivity index is 1.13. The van der Waals surface area contributed by atoms with Gasteiger partial charge >= 0.3 is 0 Å². The van der Waals surface area contributed by atoms with Crippen LogP contribution in [0.3, 0.4) is 0 Å². The van der Waals surface area contributed by atoms with Crippen molar-refractivity contribution in [3.63, 3.8) is 0 Å². The molecule has 0 unspecified atom stereocenters. The third kappa shape index (κ3) is 4.90. The summed E-state index contributed by atoms with van der Waals surface area (Å²) in [4.78, 5) is 15.6. The van der Waals surface area contributed by atoms with Crippen LogP contribution in [-0.4, -0.2) is 15.0 Å². The molecule has 3 heterocycles. The van der Waals surface area contributed by atoms with Gasteiger partial charge in [0.25, 0.3) is 0 Å². The number of benzene rings is 8. The number of fused-ring (bicyclic) bond motifs is 7. The van der Waals surface area contributed by atoms with Gasteiger partial charge in [0, 0.05) is 43.8 Å². The van der Waals surface area contributed by atoms with Crippen molar-refractivity contribution >= 4 is 54.6 Å². The van der Waals surface area contributed by atoms with Gasteiger partial charge in [0.05, 0.1) is 0 Å². The summed E-state index contributed by atoms with van der Waals surface area (Å²) in [6.45, 7) is 0. The topological polar surface area (TPSA) is 65.0 Å². The van der Waals surface area contributed by atoms with Gasteiger partial charge in [-0.05, 0) is 51.7 Å². The first-order chi connectivity index (χ1) is 26.7. The number of rotatable bonds is 5. The van der Waals surface area contributed by atoms with Gasteiger partial charge in [0.15, 0.2) is 17.5 Å². The predicted octanol–water partition coefficient (Wildman–Crippen LogP) is 13.2. The Labute approximate surface area is 309 Å². The summed E-state index contributed by atoms with van der Waals surface area (Å²) in [6, 6.07) is 60.4. The highest BCUT2D eigenvalue weighted by Crippen LogP contribution is 2.42. The lowest BCUT2D eigenvalue weighted by molar-refractivity contribution is 0.669. The van der Waals surface area contributed by atoms with E-state index in [2.05, 4.69) is 127 Å². The van der Waals surface area contributed by atoms with Crippen molar-refractivity contribution in [2.24, 2.45) is 0 Å². The second-order valence-corrected chi connectivity index (χ2v) is 13.6. The summed E-state index contributed by atoms with van der Waals surface area (Å²) in [5.41, 5.74) is 10.3. The van der Waals surface area contributed by atoms with Gasteiger partial charge in [-0.25, -0.2) is 15.0 Å². The Kier molecular flexibility index (Phi) is 6.79. The minimum Gasteiger partial charge on any atom is -0.456 e. The fourth-order valence-corrected chi connectivity index (χ4v) is 7.77. The van der Waals surface area contributed by atoms with Gasteiger partial charge in [-0.2, -0.15) is 0 Å². The molecule has 5 nitrogen and oxygen atoms in total. The monoisotopic (exact) mass is 691 g/mol. The highest BCUT2D eigenvalue weighted by atomic mass is 16.3. The SMILES string of the molecule is c1ccc(-c2ccc(-c3cccc4c3oc3cccc(-c5nc(-c6ccc7ccccc7c6)nc(-c6cccc7oc8ccccc8c67)n5)c34)cc2)cc1.